The Labute approximate surface area is 80.0 Å². The van der Waals surface area contributed by atoms with Crippen LogP contribution in [0.4, 0.5) is 0 Å². The van der Waals surface area contributed by atoms with Gasteiger partial charge in [0.05, 0.1) is 13.2 Å². The number of aliphatic hydroxyl groups is 3. The van der Waals surface area contributed by atoms with Crippen molar-refractivity contribution in [3.63, 3.8) is 0 Å². The van der Waals surface area contributed by atoms with Crippen LogP contribution in [0.3, 0.4) is 0 Å². The topological polar surface area (TPSA) is 122 Å². The van der Waals surface area contributed by atoms with Gasteiger partial charge < -0.3 is 30.5 Å². The van der Waals surface area contributed by atoms with Crippen LogP contribution in [0, 0.1) is 0 Å². The van der Waals surface area contributed by atoms with Crippen molar-refractivity contribution in [2.45, 2.75) is 24.6 Å². The second-order valence-corrected chi connectivity index (χ2v) is 2.90. The first kappa shape index (κ1) is 11.3. The number of aliphatic hydroxyl groups excluding tert-OH is 3. The lowest BCUT2D eigenvalue weighted by Crippen LogP contribution is -2.36. The van der Waals surface area contributed by atoms with E-state index in [1.807, 2.05) is 0 Å². The SMILES string of the molecule is NCC(=O)OC1O[C@H](CO)[C@@H](O)[C@H]1O. The summed E-state index contributed by atoms with van der Waals surface area (Å²) in [6.07, 6.45) is -4.84. The lowest BCUT2D eigenvalue weighted by molar-refractivity contribution is -0.188. The largest absolute Gasteiger partial charge is 0.432 e. The lowest BCUT2D eigenvalue weighted by Gasteiger charge is -2.14. The monoisotopic (exact) mass is 207 g/mol. The van der Waals surface area contributed by atoms with E-state index in [1.54, 1.807) is 0 Å². The van der Waals surface area contributed by atoms with E-state index in [4.69, 9.17) is 15.6 Å². The highest BCUT2D eigenvalue weighted by Crippen LogP contribution is 2.21. The molecular weight excluding hydrogens is 194 g/mol. The van der Waals surface area contributed by atoms with Gasteiger partial charge in [0.25, 0.3) is 0 Å². The molecular formula is C7H13NO6. The summed E-state index contributed by atoms with van der Waals surface area (Å²) in [4.78, 5) is 10.7. The van der Waals surface area contributed by atoms with Gasteiger partial charge in [-0.25, -0.2) is 0 Å². The van der Waals surface area contributed by atoms with E-state index >= 15 is 0 Å². The maximum atomic E-state index is 10.7. The molecule has 82 valence electrons. The van der Waals surface area contributed by atoms with Crippen LogP contribution in [0.25, 0.3) is 0 Å². The smallest absolute Gasteiger partial charge is 0.322 e. The Bertz CT molecular complexity index is 210. The summed E-state index contributed by atoms with van der Waals surface area (Å²) < 4.78 is 9.43. The Kier molecular flexibility index (Phi) is 3.78. The second kappa shape index (κ2) is 4.67. The molecule has 14 heavy (non-hydrogen) atoms. The van der Waals surface area contributed by atoms with E-state index in [-0.39, 0.29) is 6.54 Å². The minimum Gasteiger partial charge on any atom is -0.432 e. The molecule has 1 saturated heterocycles. The zero-order valence-corrected chi connectivity index (χ0v) is 7.37. The third kappa shape index (κ3) is 2.20. The molecule has 0 radical (unpaired) electrons. The molecule has 4 atom stereocenters. The predicted molar refractivity (Wildman–Crippen MR) is 42.9 cm³/mol. The number of ether oxygens (including phenoxy) is 2. The van der Waals surface area contributed by atoms with Crippen molar-refractivity contribution in [1.29, 1.82) is 0 Å². The Balaban J connectivity index is 2.52. The van der Waals surface area contributed by atoms with Gasteiger partial charge in [0.1, 0.15) is 18.3 Å². The minimum absolute atomic E-state index is 0.341. The molecule has 0 aliphatic carbocycles. The van der Waals surface area contributed by atoms with E-state index < -0.39 is 37.2 Å². The number of hydrogen-bond donors (Lipinski definition) is 4. The highest BCUT2D eigenvalue weighted by molar-refractivity contribution is 5.71. The maximum Gasteiger partial charge on any atom is 0.322 e. The lowest BCUT2D eigenvalue weighted by atomic mass is 10.1. The zero-order valence-electron chi connectivity index (χ0n) is 7.37. The van der Waals surface area contributed by atoms with E-state index in [9.17, 15) is 15.0 Å². The number of hydrogen-bond acceptors (Lipinski definition) is 7. The van der Waals surface area contributed by atoms with Gasteiger partial charge >= 0.3 is 5.97 Å². The van der Waals surface area contributed by atoms with E-state index in [1.165, 1.54) is 0 Å². The first-order valence-electron chi connectivity index (χ1n) is 4.12. The van der Waals surface area contributed by atoms with Gasteiger partial charge in [-0.3, -0.25) is 4.79 Å². The highest BCUT2D eigenvalue weighted by atomic mass is 16.7. The normalized spacial score (nSPS) is 37.1. The van der Waals surface area contributed by atoms with Gasteiger partial charge in [-0.1, -0.05) is 0 Å². The fraction of sp³-hybridized carbons (Fsp3) is 0.857. The molecule has 1 heterocycles. The Hall–Kier alpha value is -0.730. The molecule has 1 aliphatic heterocycles. The molecule has 0 aromatic heterocycles. The van der Waals surface area contributed by atoms with E-state index in [0.29, 0.717) is 0 Å². The first-order chi connectivity index (χ1) is 6.60. The molecule has 1 rings (SSSR count). The van der Waals surface area contributed by atoms with Crippen LogP contribution >= 0.6 is 0 Å². The van der Waals surface area contributed by atoms with Crippen LogP contribution in [-0.4, -0.2) is 59.0 Å². The molecule has 0 amide bonds. The average Bonchev–Trinajstić information content (AvgIpc) is 2.45. The van der Waals surface area contributed by atoms with Crippen molar-refractivity contribution < 1.29 is 29.6 Å². The van der Waals surface area contributed by atoms with Crippen molar-refractivity contribution >= 4 is 5.97 Å². The summed E-state index contributed by atoms with van der Waals surface area (Å²) in [5, 5.41) is 27.3. The Morgan fingerprint density at radius 2 is 2.07 bits per heavy atom. The summed E-state index contributed by atoms with van der Waals surface area (Å²) in [5.74, 6) is -0.750. The van der Waals surface area contributed by atoms with Crippen LogP contribution in [-0.2, 0) is 14.3 Å². The van der Waals surface area contributed by atoms with Gasteiger partial charge in [0.15, 0.2) is 0 Å². The summed E-state index contributed by atoms with van der Waals surface area (Å²) in [6.45, 7) is -0.804. The van der Waals surface area contributed by atoms with E-state index in [0.717, 1.165) is 0 Å². The molecule has 0 spiro atoms. The van der Waals surface area contributed by atoms with Crippen molar-refractivity contribution in [2.75, 3.05) is 13.2 Å². The van der Waals surface area contributed by atoms with Crippen LogP contribution in [0.5, 0.6) is 0 Å². The molecule has 0 saturated carbocycles. The van der Waals surface area contributed by atoms with Crippen molar-refractivity contribution in [3.8, 4) is 0 Å². The quantitative estimate of drug-likeness (QED) is 0.362. The predicted octanol–water partition coefficient (Wildman–Crippen LogP) is -3.07. The average molecular weight is 207 g/mol. The Morgan fingerprint density at radius 3 is 2.50 bits per heavy atom. The molecule has 0 aromatic carbocycles. The number of rotatable bonds is 3. The third-order valence-corrected chi connectivity index (χ3v) is 1.91. The number of carbonyl (C=O) groups is 1. The van der Waals surface area contributed by atoms with Crippen LogP contribution < -0.4 is 5.73 Å². The van der Waals surface area contributed by atoms with Crippen molar-refractivity contribution in [1.82, 2.24) is 0 Å². The van der Waals surface area contributed by atoms with Crippen LogP contribution in [0.2, 0.25) is 0 Å². The third-order valence-electron chi connectivity index (χ3n) is 1.91. The molecule has 5 N–H and O–H groups in total. The fourth-order valence-electron chi connectivity index (χ4n) is 1.14. The van der Waals surface area contributed by atoms with Gasteiger partial charge in [-0.05, 0) is 0 Å². The van der Waals surface area contributed by atoms with Crippen molar-refractivity contribution in [2.24, 2.45) is 5.73 Å². The minimum atomic E-state index is -1.36. The van der Waals surface area contributed by atoms with Crippen LogP contribution in [0.1, 0.15) is 0 Å². The fourth-order valence-corrected chi connectivity index (χ4v) is 1.14. The number of nitrogens with two attached hydrogens (primary N) is 1. The van der Waals surface area contributed by atoms with E-state index in [2.05, 4.69) is 4.74 Å². The van der Waals surface area contributed by atoms with Gasteiger partial charge in [0, 0.05) is 0 Å². The molecule has 0 bridgehead atoms. The van der Waals surface area contributed by atoms with Gasteiger partial charge in [0.2, 0.25) is 6.29 Å². The number of esters is 1. The van der Waals surface area contributed by atoms with Gasteiger partial charge in [-0.15, -0.1) is 0 Å². The summed E-state index contributed by atoms with van der Waals surface area (Å²) in [5.41, 5.74) is 4.97. The zero-order chi connectivity index (χ0) is 10.7. The summed E-state index contributed by atoms with van der Waals surface area (Å²) >= 11 is 0. The number of carbonyl (C=O) groups excluding carboxylic acids is 1. The summed E-state index contributed by atoms with van der Waals surface area (Å²) in [7, 11) is 0. The van der Waals surface area contributed by atoms with Crippen molar-refractivity contribution in [3.05, 3.63) is 0 Å². The standard InChI is InChI=1S/C7H13NO6/c8-1-4(10)14-7-6(12)5(11)3(2-9)13-7/h3,5-7,9,11-12H,1-2,8H2/t3-,5-,6-,7?/m1/s1. The summed E-state index contributed by atoms with van der Waals surface area (Å²) in [6, 6.07) is 0. The Morgan fingerprint density at radius 1 is 1.43 bits per heavy atom. The second-order valence-electron chi connectivity index (χ2n) is 2.90. The first-order valence-corrected chi connectivity index (χ1v) is 4.12. The van der Waals surface area contributed by atoms with Crippen LogP contribution in [0.15, 0.2) is 0 Å². The molecule has 1 fully saturated rings. The maximum absolute atomic E-state index is 10.7. The molecule has 7 heteroatoms. The van der Waals surface area contributed by atoms with Gasteiger partial charge in [-0.2, -0.15) is 0 Å². The molecule has 1 unspecified atom stereocenters. The highest BCUT2D eigenvalue weighted by Gasteiger charge is 2.44. The molecule has 7 nitrogen and oxygen atoms in total. The molecule has 0 aromatic rings. The molecule has 1 aliphatic rings.